The van der Waals surface area contributed by atoms with E-state index in [2.05, 4.69) is 84.5 Å². The number of likely N-dealkylation sites (N-methyl/N-ethyl adjacent to an activating group) is 1. The van der Waals surface area contributed by atoms with Gasteiger partial charge in [-0.3, -0.25) is 0 Å². The smallest absolute Gasteiger partial charge is 0.224 e. The third kappa shape index (κ3) is 4.43. The van der Waals surface area contributed by atoms with Crippen molar-refractivity contribution in [2.24, 2.45) is 0 Å². The lowest BCUT2D eigenvalue weighted by atomic mass is 10.1. The quantitative estimate of drug-likeness (QED) is 0.241. The maximum absolute atomic E-state index is 4.61. The molecular formula is C25H27N7. The van der Waals surface area contributed by atoms with Gasteiger partial charge in [0.15, 0.2) is 0 Å². The number of hydrogen-bond donors (Lipinski definition) is 5. The van der Waals surface area contributed by atoms with Crippen molar-refractivity contribution in [3.8, 4) is 0 Å². The third-order valence-corrected chi connectivity index (χ3v) is 5.67. The molecule has 7 heteroatoms. The number of anilines is 2. The number of nitrogens with one attached hydrogen (secondary N) is 5. The molecule has 0 saturated heterocycles. The Morgan fingerprint density at radius 1 is 0.875 bits per heavy atom. The average Bonchev–Trinajstić information content (AvgIpc) is 3.46. The second kappa shape index (κ2) is 9.11. The lowest BCUT2D eigenvalue weighted by Gasteiger charge is -2.09. The summed E-state index contributed by atoms with van der Waals surface area (Å²) in [6.07, 6.45) is 6.84. The van der Waals surface area contributed by atoms with E-state index in [-0.39, 0.29) is 0 Å². The van der Waals surface area contributed by atoms with Crippen molar-refractivity contribution in [3.63, 3.8) is 0 Å². The van der Waals surface area contributed by atoms with E-state index in [9.17, 15) is 0 Å². The minimum absolute atomic E-state index is 0.612. The Bertz CT molecular complexity index is 1330. The van der Waals surface area contributed by atoms with Gasteiger partial charge in [-0.05, 0) is 78.5 Å². The van der Waals surface area contributed by atoms with Crippen molar-refractivity contribution in [1.29, 1.82) is 0 Å². The van der Waals surface area contributed by atoms with Crippen LogP contribution in [0, 0.1) is 0 Å². The van der Waals surface area contributed by atoms with Crippen LogP contribution in [0.15, 0.2) is 67.1 Å². The van der Waals surface area contributed by atoms with Crippen LogP contribution >= 0.6 is 0 Å². The van der Waals surface area contributed by atoms with E-state index in [1.54, 1.807) is 6.20 Å². The molecule has 0 aliphatic rings. The number of hydrogen-bond acceptors (Lipinski definition) is 5. The van der Waals surface area contributed by atoms with Gasteiger partial charge in [0.1, 0.15) is 5.82 Å². The van der Waals surface area contributed by atoms with Gasteiger partial charge in [-0.25, -0.2) is 4.98 Å². The Morgan fingerprint density at radius 3 is 2.62 bits per heavy atom. The summed E-state index contributed by atoms with van der Waals surface area (Å²) in [7, 11) is 1.98. The summed E-state index contributed by atoms with van der Waals surface area (Å²) < 4.78 is 0. The molecule has 0 unspecified atom stereocenters. The van der Waals surface area contributed by atoms with Gasteiger partial charge in [-0.1, -0.05) is 12.1 Å². The third-order valence-electron chi connectivity index (χ3n) is 5.67. The predicted molar refractivity (Wildman–Crippen MR) is 131 cm³/mol. The zero-order valence-electron chi connectivity index (χ0n) is 18.1. The fraction of sp³-hybridized carbons (Fsp3) is 0.200. The van der Waals surface area contributed by atoms with E-state index in [0.29, 0.717) is 19.0 Å². The summed E-state index contributed by atoms with van der Waals surface area (Å²) in [6, 6.07) is 16.9. The van der Waals surface area contributed by atoms with Gasteiger partial charge in [0.05, 0.1) is 0 Å². The van der Waals surface area contributed by atoms with E-state index in [4.69, 9.17) is 0 Å². The predicted octanol–water partition coefficient (Wildman–Crippen LogP) is 4.43. The summed E-state index contributed by atoms with van der Waals surface area (Å²) in [5.74, 6) is 1.41. The van der Waals surface area contributed by atoms with E-state index in [1.807, 2.05) is 19.3 Å². The Hall–Kier alpha value is -3.84. The van der Waals surface area contributed by atoms with Gasteiger partial charge in [0.2, 0.25) is 5.95 Å². The first-order valence-electron chi connectivity index (χ1n) is 10.9. The Labute approximate surface area is 186 Å². The zero-order valence-corrected chi connectivity index (χ0v) is 18.1. The van der Waals surface area contributed by atoms with Crippen LogP contribution in [0.25, 0.3) is 21.8 Å². The maximum atomic E-state index is 4.61. The fourth-order valence-corrected chi connectivity index (χ4v) is 3.93. The minimum Gasteiger partial charge on any atom is -0.366 e. The molecule has 0 radical (unpaired) electrons. The molecule has 0 aliphatic heterocycles. The topological polar surface area (TPSA) is 93.5 Å². The van der Waals surface area contributed by atoms with Crippen LogP contribution in [0.2, 0.25) is 0 Å². The molecule has 2 aromatic carbocycles. The van der Waals surface area contributed by atoms with Crippen LogP contribution in [0.1, 0.15) is 16.7 Å². The molecular weight excluding hydrogens is 398 g/mol. The SMILES string of the molecule is CNCCc1c[nH]c2ccc(CNc3nccc(NCc4ccc5[nH]ccc5c4)n3)cc12. The molecule has 0 saturated carbocycles. The van der Waals surface area contributed by atoms with Gasteiger partial charge in [0.25, 0.3) is 0 Å². The molecule has 0 spiro atoms. The van der Waals surface area contributed by atoms with Crippen molar-refractivity contribution >= 4 is 33.6 Å². The highest BCUT2D eigenvalue weighted by Gasteiger charge is 2.06. The standard InChI is InChI=1S/C25H27N7/c1-26-9-6-20-16-29-23-5-3-18(13-21(20)23)15-31-25-28-11-8-24(32-25)30-14-17-2-4-22-19(12-17)7-10-27-22/h2-5,7-8,10-13,16,26-27,29H,6,9,14-15H2,1H3,(H2,28,30,31,32). The monoisotopic (exact) mass is 425 g/mol. The Morgan fingerprint density at radius 2 is 1.72 bits per heavy atom. The van der Waals surface area contributed by atoms with Crippen molar-refractivity contribution in [3.05, 3.63) is 83.8 Å². The number of H-pyrrole nitrogens is 2. The highest BCUT2D eigenvalue weighted by molar-refractivity contribution is 5.84. The molecule has 3 heterocycles. The summed E-state index contributed by atoms with van der Waals surface area (Å²) >= 11 is 0. The number of aromatic nitrogens is 4. The fourth-order valence-electron chi connectivity index (χ4n) is 3.93. The van der Waals surface area contributed by atoms with Crippen LogP contribution in [0.5, 0.6) is 0 Å². The molecule has 0 amide bonds. The van der Waals surface area contributed by atoms with Crippen LogP contribution in [0.3, 0.4) is 0 Å². The number of fused-ring (bicyclic) bond motifs is 2. The molecule has 5 rings (SSSR count). The molecule has 3 aromatic heterocycles. The summed E-state index contributed by atoms with van der Waals surface area (Å²) in [4.78, 5) is 15.6. The number of benzene rings is 2. The second-order valence-corrected chi connectivity index (χ2v) is 7.92. The first-order chi connectivity index (χ1) is 15.8. The molecule has 0 aliphatic carbocycles. The number of nitrogens with zero attached hydrogens (tertiary/aromatic N) is 2. The molecule has 0 bridgehead atoms. The van der Waals surface area contributed by atoms with E-state index < -0.39 is 0 Å². The molecule has 0 fully saturated rings. The van der Waals surface area contributed by atoms with Gasteiger partial charge >= 0.3 is 0 Å². The largest absolute Gasteiger partial charge is 0.366 e. The van der Waals surface area contributed by atoms with Crippen LogP contribution < -0.4 is 16.0 Å². The van der Waals surface area contributed by atoms with Gasteiger partial charge in [0, 0.05) is 48.1 Å². The first-order valence-corrected chi connectivity index (χ1v) is 10.9. The van der Waals surface area contributed by atoms with Crippen molar-refractivity contribution in [2.45, 2.75) is 19.5 Å². The maximum Gasteiger partial charge on any atom is 0.224 e. The molecule has 162 valence electrons. The van der Waals surface area contributed by atoms with Crippen molar-refractivity contribution in [2.75, 3.05) is 24.2 Å². The summed E-state index contributed by atoms with van der Waals surface area (Å²) in [6.45, 7) is 2.33. The molecule has 0 atom stereocenters. The van der Waals surface area contributed by atoms with Crippen LogP contribution in [-0.4, -0.2) is 33.5 Å². The molecule has 32 heavy (non-hydrogen) atoms. The van der Waals surface area contributed by atoms with E-state index in [1.165, 1.54) is 33.0 Å². The molecule has 5 aromatic rings. The highest BCUT2D eigenvalue weighted by Crippen LogP contribution is 2.21. The van der Waals surface area contributed by atoms with Crippen molar-refractivity contribution in [1.82, 2.24) is 25.3 Å². The Balaban J connectivity index is 1.22. The molecule has 5 N–H and O–H groups in total. The zero-order chi connectivity index (χ0) is 21.8. The number of rotatable bonds is 9. The van der Waals surface area contributed by atoms with Crippen LogP contribution in [-0.2, 0) is 19.5 Å². The van der Waals surface area contributed by atoms with E-state index in [0.717, 1.165) is 24.3 Å². The van der Waals surface area contributed by atoms with Crippen LogP contribution in [0.4, 0.5) is 11.8 Å². The molecule has 7 nitrogen and oxygen atoms in total. The van der Waals surface area contributed by atoms with E-state index >= 15 is 0 Å². The van der Waals surface area contributed by atoms with Gasteiger partial charge in [-0.15, -0.1) is 0 Å². The minimum atomic E-state index is 0.612. The Kier molecular flexibility index (Phi) is 5.72. The second-order valence-electron chi connectivity index (χ2n) is 7.92. The van der Waals surface area contributed by atoms with Crippen molar-refractivity contribution < 1.29 is 0 Å². The number of aromatic amines is 2. The first kappa shape index (κ1) is 20.1. The summed E-state index contributed by atoms with van der Waals surface area (Å²) in [5.41, 5.74) is 6.05. The lowest BCUT2D eigenvalue weighted by molar-refractivity contribution is 0.795. The average molecular weight is 426 g/mol. The summed E-state index contributed by atoms with van der Waals surface area (Å²) in [5, 5.41) is 12.4. The normalized spacial score (nSPS) is 11.3. The highest BCUT2D eigenvalue weighted by atomic mass is 15.1. The van der Waals surface area contributed by atoms with Gasteiger partial charge < -0.3 is 25.9 Å². The lowest BCUT2D eigenvalue weighted by Crippen LogP contribution is -2.10. The van der Waals surface area contributed by atoms with Gasteiger partial charge in [-0.2, -0.15) is 4.98 Å².